The van der Waals surface area contributed by atoms with E-state index in [1.54, 1.807) is 24.3 Å². The van der Waals surface area contributed by atoms with Gasteiger partial charge in [0.05, 0.1) is 0 Å². The molecule has 0 radical (unpaired) electrons. The predicted molar refractivity (Wildman–Crippen MR) is 68.1 cm³/mol. The lowest BCUT2D eigenvalue weighted by Gasteiger charge is -2.06. The number of rotatable bonds is 3. The van der Waals surface area contributed by atoms with Crippen molar-refractivity contribution in [2.75, 3.05) is 11.1 Å². The maximum absolute atomic E-state index is 10.9. The second-order valence-corrected chi connectivity index (χ2v) is 3.91. The number of nitrogens with one attached hydrogen (secondary N) is 1. The lowest BCUT2D eigenvalue weighted by atomic mass is 10.2. The van der Waals surface area contributed by atoms with E-state index in [2.05, 4.69) is 15.5 Å². The van der Waals surface area contributed by atoms with Crippen LogP contribution in [-0.2, 0) is 0 Å². The first-order valence-electron chi connectivity index (χ1n) is 4.95. The third-order valence-electron chi connectivity index (χ3n) is 2.15. The fraction of sp³-hybridized carbons (Fsp3) is 0. The van der Waals surface area contributed by atoms with Crippen LogP contribution in [0.2, 0.25) is 5.02 Å². The molecule has 0 aliphatic carbocycles. The van der Waals surface area contributed by atoms with E-state index in [0.29, 0.717) is 10.7 Å². The number of benzene rings is 1. The first kappa shape index (κ1) is 12.1. The van der Waals surface area contributed by atoms with Gasteiger partial charge in [0, 0.05) is 16.8 Å². The summed E-state index contributed by atoms with van der Waals surface area (Å²) in [7, 11) is 0. The lowest BCUT2D eigenvalue weighted by Crippen LogP contribution is -2.07. The molecule has 0 atom stereocenters. The van der Waals surface area contributed by atoms with Gasteiger partial charge in [-0.3, -0.25) is 0 Å². The summed E-state index contributed by atoms with van der Waals surface area (Å²) in [5, 5.41) is 19.7. The molecule has 0 aliphatic rings. The summed E-state index contributed by atoms with van der Waals surface area (Å²) in [6.45, 7) is 0. The van der Waals surface area contributed by atoms with Gasteiger partial charge in [-0.15, -0.1) is 10.2 Å². The predicted octanol–water partition coefficient (Wildman–Crippen LogP) is 2.15. The average Bonchev–Trinajstić information content (AvgIpc) is 2.31. The summed E-state index contributed by atoms with van der Waals surface area (Å²) in [4.78, 5) is 10.9. The summed E-state index contributed by atoms with van der Waals surface area (Å²) in [5.74, 6) is -1.00. The van der Waals surface area contributed by atoms with Crippen LogP contribution in [-0.4, -0.2) is 21.3 Å². The van der Waals surface area contributed by atoms with Gasteiger partial charge in [-0.05, 0) is 18.2 Å². The molecule has 1 aromatic carbocycles. The molecule has 0 saturated carbocycles. The minimum Gasteiger partial charge on any atom is -0.478 e. The number of carboxylic acid groups (broad SMARTS) is 1. The van der Waals surface area contributed by atoms with Crippen molar-refractivity contribution in [2.24, 2.45) is 0 Å². The molecule has 0 unspecified atom stereocenters. The smallest absolute Gasteiger partial charge is 0.339 e. The van der Waals surface area contributed by atoms with Crippen molar-refractivity contribution in [1.29, 1.82) is 0 Å². The molecule has 6 nitrogen and oxygen atoms in total. The number of carboxylic acids is 1. The molecule has 0 fully saturated rings. The van der Waals surface area contributed by atoms with Gasteiger partial charge in [0.1, 0.15) is 5.56 Å². The zero-order chi connectivity index (χ0) is 13.1. The summed E-state index contributed by atoms with van der Waals surface area (Å²) in [6, 6.07) is 8.24. The van der Waals surface area contributed by atoms with Crippen molar-refractivity contribution in [3.8, 4) is 0 Å². The molecular weight excluding hydrogens is 256 g/mol. The van der Waals surface area contributed by atoms with Crippen LogP contribution in [0.15, 0.2) is 30.3 Å². The van der Waals surface area contributed by atoms with Gasteiger partial charge in [-0.2, -0.15) is 0 Å². The second kappa shape index (κ2) is 4.89. The van der Waals surface area contributed by atoms with Crippen LogP contribution in [0.3, 0.4) is 0 Å². The zero-order valence-electron chi connectivity index (χ0n) is 9.09. The monoisotopic (exact) mass is 264 g/mol. The van der Waals surface area contributed by atoms with E-state index in [1.165, 1.54) is 6.07 Å². The van der Waals surface area contributed by atoms with E-state index < -0.39 is 5.97 Å². The van der Waals surface area contributed by atoms with Gasteiger partial charge >= 0.3 is 5.97 Å². The molecule has 18 heavy (non-hydrogen) atoms. The van der Waals surface area contributed by atoms with Crippen molar-refractivity contribution in [1.82, 2.24) is 10.2 Å². The molecule has 92 valence electrons. The lowest BCUT2D eigenvalue weighted by molar-refractivity contribution is 0.0697. The number of anilines is 3. The molecule has 2 aromatic rings. The summed E-state index contributed by atoms with van der Waals surface area (Å²) >= 11 is 5.83. The van der Waals surface area contributed by atoms with Crippen molar-refractivity contribution in [3.05, 3.63) is 40.9 Å². The van der Waals surface area contributed by atoms with Crippen molar-refractivity contribution in [2.45, 2.75) is 0 Å². The van der Waals surface area contributed by atoms with Crippen LogP contribution in [0.25, 0.3) is 0 Å². The van der Waals surface area contributed by atoms with Gasteiger partial charge in [-0.1, -0.05) is 17.7 Å². The fourth-order valence-corrected chi connectivity index (χ4v) is 1.54. The third kappa shape index (κ3) is 2.67. The summed E-state index contributed by atoms with van der Waals surface area (Å²) in [6.07, 6.45) is 0. The van der Waals surface area contributed by atoms with Crippen LogP contribution < -0.4 is 11.1 Å². The SMILES string of the molecule is Nc1nnc(Nc2cccc(Cl)c2)cc1C(=O)O. The Labute approximate surface area is 107 Å². The van der Waals surface area contributed by atoms with Gasteiger partial charge in [-0.25, -0.2) is 4.79 Å². The van der Waals surface area contributed by atoms with Gasteiger partial charge < -0.3 is 16.2 Å². The number of halogens is 1. The number of hydrogen-bond donors (Lipinski definition) is 3. The Kier molecular flexibility index (Phi) is 3.29. The number of nitrogens with zero attached hydrogens (tertiary/aromatic N) is 2. The summed E-state index contributed by atoms with van der Waals surface area (Å²) in [5.41, 5.74) is 5.98. The average molecular weight is 265 g/mol. The highest BCUT2D eigenvalue weighted by Gasteiger charge is 2.11. The van der Waals surface area contributed by atoms with Crippen molar-refractivity contribution < 1.29 is 9.90 Å². The van der Waals surface area contributed by atoms with E-state index in [-0.39, 0.29) is 17.2 Å². The van der Waals surface area contributed by atoms with Gasteiger partial charge in [0.2, 0.25) is 0 Å². The molecule has 4 N–H and O–H groups in total. The van der Waals surface area contributed by atoms with Gasteiger partial charge in [0.15, 0.2) is 11.6 Å². The Morgan fingerprint density at radius 1 is 1.33 bits per heavy atom. The highest BCUT2D eigenvalue weighted by Crippen LogP contribution is 2.20. The maximum atomic E-state index is 10.9. The van der Waals surface area contributed by atoms with E-state index in [1.807, 2.05) is 0 Å². The minimum atomic E-state index is -1.16. The number of carbonyl (C=O) groups is 1. The van der Waals surface area contributed by atoms with Crippen molar-refractivity contribution >= 4 is 34.9 Å². The number of aromatic carboxylic acids is 1. The Hall–Kier alpha value is -2.34. The third-order valence-corrected chi connectivity index (χ3v) is 2.39. The molecule has 0 amide bonds. The van der Waals surface area contributed by atoms with E-state index in [9.17, 15) is 4.79 Å². The first-order valence-corrected chi connectivity index (χ1v) is 5.33. The quantitative estimate of drug-likeness (QED) is 0.785. The largest absolute Gasteiger partial charge is 0.478 e. The van der Waals surface area contributed by atoms with Crippen molar-refractivity contribution in [3.63, 3.8) is 0 Å². The molecule has 7 heteroatoms. The first-order chi connectivity index (χ1) is 8.56. The van der Waals surface area contributed by atoms with Crippen LogP contribution in [0, 0.1) is 0 Å². The Bertz CT molecular complexity index is 603. The number of nitrogens with two attached hydrogens (primary N) is 1. The Morgan fingerprint density at radius 2 is 2.11 bits per heavy atom. The zero-order valence-corrected chi connectivity index (χ0v) is 9.85. The number of hydrogen-bond acceptors (Lipinski definition) is 5. The molecule has 1 aromatic heterocycles. The fourth-order valence-electron chi connectivity index (χ4n) is 1.35. The van der Waals surface area contributed by atoms with Gasteiger partial charge in [0.25, 0.3) is 0 Å². The Balaban J connectivity index is 2.30. The van der Waals surface area contributed by atoms with Crippen LogP contribution >= 0.6 is 11.6 Å². The molecule has 1 heterocycles. The molecule has 0 bridgehead atoms. The van der Waals surface area contributed by atoms with Crippen LogP contribution in [0.5, 0.6) is 0 Å². The highest BCUT2D eigenvalue weighted by molar-refractivity contribution is 6.30. The van der Waals surface area contributed by atoms with E-state index in [4.69, 9.17) is 22.4 Å². The normalized spacial score (nSPS) is 10.1. The molecule has 0 aliphatic heterocycles. The minimum absolute atomic E-state index is 0.102. The molecule has 2 rings (SSSR count). The van der Waals surface area contributed by atoms with E-state index >= 15 is 0 Å². The topological polar surface area (TPSA) is 101 Å². The molecular formula is C11H9ClN4O2. The summed E-state index contributed by atoms with van der Waals surface area (Å²) < 4.78 is 0. The van der Waals surface area contributed by atoms with Crippen LogP contribution in [0.4, 0.5) is 17.3 Å². The highest BCUT2D eigenvalue weighted by atomic mass is 35.5. The van der Waals surface area contributed by atoms with E-state index in [0.717, 1.165) is 0 Å². The Morgan fingerprint density at radius 3 is 2.78 bits per heavy atom. The standard InChI is InChI=1S/C11H9ClN4O2/c12-6-2-1-3-7(4-6)14-9-5-8(11(17)18)10(13)16-15-9/h1-5H,(H2,13,16)(H,14,15)(H,17,18). The maximum Gasteiger partial charge on any atom is 0.339 e. The van der Waals surface area contributed by atoms with Crippen LogP contribution in [0.1, 0.15) is 10.4 Å². The molecule has 0 spiro atoms. The second-order valence-electron chi connectivity index (χ2n) is 3.47. The number of nitrogen functional groups attached to an aromatic ring is 1. The molecule has 0 saturated heterocycles. The number of aromatic nitrogens is 2.